The summed E-state index contributed by atoms with van der Waals surface area (Å²) in [6.07, 6.45) is 32.0. The highest BCUT2D eigenvalue weighted by Gasteiger charge is 2.59. The number of carbonyl (C=O) groups is 1. The zero-order valence-corrected chi connectivity index (χ0v) is 30.9. The molecule has 0 amide bonds. The van der Waals surface area contributed by atoms with Gasteiger partial charge in [0.2, 0.25) is 0 Å². The molecule has 0 radical (unpaired) electrons. The van der Waals surface area contributed by atoms with Gasteiger partial charge >= 0.3 is 5.97 Å². The highest BCUT2D eigenvalue weighted by Crippen LogP contribution is 2.67. The second-order valence-electron chi connectivity index (χ2n) is 17.3. The quantitative estimate of drug-likeness (QED) is 0.0814. The zero-order valence-electron chi connectivity index (χ0n) is 30.9. The molecule has 45 heavy (non-hydrogen) atoms. The lowest BCUT2D eigenvalue weighted by molar-refractivity contribution is -0.151. The fourth-order valence-corrected chi connectivity index (χ4v) is 11.0. The molecule has 2 heteroatoms. The van der Waals surface area contributed by atoms with Gasteiger partial charge in [-0.05, 0) is 111 Å². The molecule has 8 atom stereocenters. The highest BCUT2D eigenvalue weighted by molar-refractivity contribution is 5.69. The third kappa shape index (κ3) is 9.31. The zero-order chi connectivity index (χ0) is 32.5. The van der Waals surface area contributed by atoms with Gasteiger partial charge < -0.3 is 4.74 Å². The van der Waals surface area contributed by atoms with Crippen molar-refractivity contribution in [1.82, 2.24) is 0 Å². The summed E-state index contributed by atoms with van der Waals surface area (Å²) in [6, 6.07) is 0. The molecule has 4 aliphatic carbocycles. The van der Waals surface area contributed by atoms with Crippen LogP contribution in [0.25, 0.3) is 0 Å². The molecule has 4 rings (SSSR count). The molecule has 3 saturated carbocycles. The monoisotopic (exact) mass is 623 g/mol. The number of hydrogen-bond donors (Lipinski definition) is 0. The van der Waals surface area contributed by atoms with Gasteiger partial charge in [0.05, 0.1) is 0 Å². The summed E-state index contributed by atoms with van der Waals surface area (Å²) >= 11 is 0. The Labute approximate surface area is 280 Å². The summed E-state index contributed by atoms with van der Waals surface area (Å²) in [7, 11) is 0. The number of esters is 1. The number of unbranched alkanes of at least 4 members (excludes halogenated alkanes) is 11. The minimum Gasteiger partial charge on any atom is -0.462 e. The average Bonchev–Trinajstić information content (AvgIpc) is 3.37. The lowest BCUT2D eigenvalue weighted by Crippen LogP contribution is -2.51. The van der Waals surface area contributed by atoms with Crippen molar-refractivity contribution in [2.75, 3.05) is 0 Å². The molecule has 0 aliphatic heterocycles. The third-order valence-electron chi connectivity index (χ3n) is 14.1. The summed E-state index contributed by atoms with van der Waals surface area (Å²) < 4.78 is 6.12. The van der Waals surface area contributed by atoms with E-state index < -0.39 is 0 Å². The first kappa shape index (κ1) is 36.8. The van der Waals surface area contributed by atoms with Crippen molar-refractivity contribution in [3.8, 4) is 0 Å². The first-order chi connectivity index (χ1) is 21.6. The van der Waals surface area contributed by atoms with Crippen LogP contribution in [0.4, 0.5) is 0 Å². The molecule has 4 aliphatic rings. The second kappa shape index (κ2) is 17.4. The molecular weight excluding hydrogens is 548 g/mol. The van der Waals surface area contributed by atoms with Crippen LogP contribution in [0.15, 0.2) is 23.8 Å². The predicted octanol–water partition coefficient (Wildman–Crippen LogP) is 13.2. The maximum absolute atomic E-state index is 12.8. The van der Waals surface area contributed by atoms with Crippen molar-refractivity contribution in [2.45, 2.75) is 195 Å². The number of fused-ring (bicyclic) bond motifs is 5. The Bertz CT molecular complexity index is 961. The molecule has 2 nitrogen and oxygen atoms in total. The first-order valence-corrected chi connectivity index (χ1v) is 20.2. The van der Waals surface area contributed by atoms with Crippen LogP contribution in [-0.2, 0) is 9.53 Å². The van der Waals surface area contributed by atoms with E-state index in [4.69, 9.17) is 4.74 Å². The van der Waals surface area contributed by atoms with Crippen LogP contribution in [-0.4, -0.2) is 12.1 Å². The molecule has 258 valence electrons. The molecule has 0 heterocycles. The van der Waals surface area contributed by atoms with Crippen LogP contribution < -0.4 is 0 Å². The first-order valence-electron chi connectivity index (χ1n) is 20.2. The van der Waals surface area contributed by atoms with Gasteiger partial charge in [0.1, 0.15) is 6.10 Å². The van der Waals surface area contributed by atoms with Crippen molar-refractivity contribution in [2.24, 2.45) is 46.3 Å². The summed E-state index contributed by atoms with van der Waals surface area (Å²) in [4.78, 5) is 12.8. The Kier molecular flexibility index (Phi) is 14.2. The lowest BCUT2D eigenvalue weighted by Gasteiger charge is -2.58. The smallest absolute Gasteiger partial charge is 0.306 e. The highest BCUT2D eigenvalue weighted by atomic mass is 16.5. The summed E-state index contributed by atoms with van der Waals surface area (Å²) in [5.41, 5.74) is 3.91. The fraction of sp³-hybridized carbons (Fsp3) is 0.884. The van der Waals surface area contributed by atoms with E-state index in [1.165, 1.54) is 128 Å². The van der Waals surface area contributed by atoms with E-state index in [-0.39, 0.29) is 12.1 Å². The normalized spacial score (nSPS) is 33.2. The summed E-state index contributed by atoms with van der Waals surface area (Å²) in [6.45, 7) is 19.1. The van der Waals surface area contributed by atoms with Crippen LogP contribution in [0.3, 0.4) is 0 Å². The van der Waals surface area contributed by atoms with E-state index in [2.05, 4.69) is 54.2 Å². The van der Waals surface area contributed by atoms with Crippen LogP contribution in [0.5, 0.6) is 0 Å². The molecule has 0 aromatic carbocycles. The topological polar surface area (TPSA) is 26.3 Å². The Morgan fingerprint density at radius 2 is 1.49 bits per heavy atom. The van der Waals surface area contributed by atoms with E-state index in [0.29, 0.717) is 23.2 Å². The van der Waals surface area contributed by atoms with Crippen molar-refractivity contribution < 1.29 is 9.53 Å². The van der Waals surface area contributed by atoms with Gasteiger partial charge in [0.15, 0.2) is 0 Å². The maximum Gasteiger partial charge on any atom is 0.306 e. The van der Waals surface area contributed by atoms with Crippen molar-refractivity contribution in [1.29, 1.82) is 0 Å². The standard InChI is InChI=1S/C43H74O2/c1-8-9-10-11-12-13-14-15-16-17-18-19-20-41(44)45-36-27-29-42(6)35(31-36)23-24-37-39-26-25-38(43(39,7)30-28-40(37)42)34(5)22-21-33(4)32(2)3/h23,32,34,36-40H,4,8-22,24-31H2,1-3,5-7H3/t34-,36+,37+,38-,39+,40+,42+,43-/m1/s1. The number of ether oxygens (including phenoxy) is 1. The minimum atomic E-state index is 0.0569. The van der Waals surface area contributed by atoms with Crippen LogP contribution in [0.1, 0.15) is 189 Å². The molecule has 3 fully saturated rings. The lowest BCUT2D eigenvalue weighted by atomic mass is 9.47. The molecule has 0 spiro atoms. The van der Waals surface area contributed by atoms with Crippen molar-refractivity contribution in [3.05, 3.63) is 23.8 Å². The Morgan fingerprint density at radius 1 is 0.844 bits per heavy atom. The van der Waals surface area contributed by atoms with Gasteiger partial charge in [-0.2, -0.15) is 0 Å². The fourth-order valence-electron chi connectivity index (χ4n) is 11.0. The largest absolute Gasteiger partial charge is 0.462 e. The van der Waals surface area contributed by atoms with E-state index in [1.54, 1.807) is 5.57 Å². The molecule has 0 N–H and O–H groups in total. The summed E-state index contributed by atoms with van der Waals surface area (Å²) in [5.74, 6) is 4.91. The van der Waals surface area contributed by atoms with E-state index in [1.807, 2.05) is 0 Å². The third-order valence-corrected chi connectivity index (χ3v) is 14.1. The predicted molar refractivity (Wildman–Crippen MR) is 193 cm³/mol. The van der Waals surface area contributed by atoms with Gasteiger partial charge in [0, 0.05) is 12.8 Å². The number of carbonyl (C=O) groups excluding carboxylic acids is 1. The maximum atomic E-state index is 12.8. The van der Waals surface area contributed by atoms with Gasteiger partial charge in [-0.15, -0.1) is 0 Å². The molecule has 0 saturated heterocycles. The van der Waals surface area contributed by atoms with E-state index in [9.17, 15) is 4.79 Å². The average molecular weight is 623 g/mol. The molecule has 0 bridgehead atoms. The van der Waals surface area contributed by atoms with E-state index in [0.717, 1.165) is 48.9 Å². The van der Waals surface area contributed by atoms with Crippen LogP contribution in [0, 0.1) is 46.3 Å². The number of rotatable bonds is 19. The Balaban J connectivity index is 1.18. The van der Waals surface area contributed by atoms with Crippen molar-refractivity contribution in [3.63, 3.8) is 0 Å². The Hall–Kier alpha value is -1.05. The van der Waals surface area contributed by atoms with Crippen LogP contribution in [0.2, 0.25) is 0 Å². The molecular formula is C43H74O2. The Morgan fingerprint density at radius 3 is 2.13 bits per heavy atom. The second-order valence-corrected chi connectivity index (χ2v) is 17.3. The van der Waals surface area contributed by atoms with Crippen LogP contribution >= 0.6 is 0 Å². The van der Waals surface area contributed by atoms with Gasteiger partial charge in [0.25, 0.3) is 0 Å². The minimum absolute atomic E-state index is 0.0569. The summed E-state index contributed by atoms with van der Waals surface area (Å²) in [5, 5.41) is 0. The van der Waals surface area contributed by atoms with Gasteiger partial charge in [-0.3, -0.25) is 4.79 Å². The number of allylic oxidation sites excluding steroid dienone is 2. The van der Waals surface area contributed by atoms with Gasteiger partial charge in [-0.25, -0.2) is 0 Å². The molecule has 0 aromatic heterocycles. The molecule has 0 unspecified atom stereocenters. The van der Waals surface area contributed by atoms with Crippen molar-refractivity contribution >= 4 is 5.97 Å². The van der Waals surface area contributed by atoms with Gasteiger partial charge in [-0.1, -0.05) is 136 Å². The SMILES string of the molecule is C=C(CC[C@@H](C)[C@H]1CC[C@H]2[C@@H]3CC=C4C[C@@H](OC(=O)CCCCCCCCCCCCCC)CC[C@]4(C)[C@H]3CC[C@]12C)C(C)C. The molecule has 0 aromatic rings. The number of hydrogen-bond acceptors (Lipinski definition) is 2. The van der Waals surface area contributed by atoms with E-state index >= 15 is 0 Å².